The van der Waals surface area contributed by atoms with E-state index in [0.29, 0.717) is 6.42 Å². The van der Waals surface area contributed by atoms with Gasteiger partial charge in [-0.25, -0.2) is 13.1 Å². The number of carboxylic acid groups (broad SMARTS) is 1. The lowest BCUT2D eigenvalue weighted by atomic mass is 10.1. The maximum absolute atomic E-state index is 11.2. The Kier molecular flexibility index (Phi) is 4.65. The highest BCUT2D eigenvalue weighted by Gasteiger charge is 2.14. The summed E-state index contributed by atoms with van der Waals surface area (Å²) >= 11 is 0. The van der Waals surface area contributed by atoms with Crippen LogP contribution in [-0.2, 0) is 21.2 Å². The fraction of sp³-hybridized carbons (Fsp3) is 0.364. The van der Waals surface area contributed by atoms with Crippen molar-refractivity contribution in [3.63, 3.8) is 0 Å². The van der Waals surface area contributed by atoms with Crippen LogP contribution in [-0.4, -0.2) is 31.8 Å². The number of carboxylic acids is 1. The van der Waals surface area contributed by atoms with Crippen molar-refractivity contribution in [1.82, 2.24) is 4.72 Å². The zero-order chi connectivity index (χ0) is 12.9. The molecule has 1 aromatic carbocycles. The lowest BCUT2D eigenvalue weighted by molar-refractivity contribution is -0.134. The van der Waals surface area contributed by atoms with Crippen LogP contribution in [0.1, 0.15) is 11.1 Å². The minimum Gasteiger partial charge on any atom is -0.480 e. The monoisotopic (exact) mass is 257 g/mol. The van der Waals surface area contributed by atoms with Crippen molar-refractivity contribution in [3.05, 3.63) is 35.4 Å². The van der Waals surface area contributed by atoms with Gasteiger partial charge >= 0.3 is 5.97 Å². The molecule has 94 valence electrons. The van der Waals surface area contributed by atoms with Crippen LogP contribution in [0.2, 0.25) is 0 Å². The molecule has 0 spiro atoms. The van der Waals surface area contributed by atoms with Gasteiger partial charge < -0.3 is 5.11 Å². The third-order valence-electron chi connectivity index (χ3n) is 2.13. The van der Waals surface area contributed by atoms with Gasteiger partial charge in [-0.3, -0.25) is 4.79 Å². The fourth-order valence-corrected chi connectivity index (χ4v) is 2.27. The summed E-state index contributed by atoms with van der Waals surface area (Å²) < 4.78 is 24.7. The molecule has 1 aromatic rings. The molecular formula is C11H15NO4S. The lowest BCUT2D eigenvalue weighted by Crippen LogP contribution is -2.31. The second-order valence-electron chi connectivity index (χ2n) is 3.79. The predicted molar refractivity (Wildman–Crippen MR) is 64.3 cm³/mol. The summed E-state index contributed by atoms with van der Waals surface area (Å²) in [6.45, 7) is 2.16. The van der Waals surface area contributed by atoms with Crippen LogP contribution in [0.25, 0.3) is 0 Å². The SMILES string of the molecule is Cc1cccc(CCNS(=O)(=O)CC(=O)O)c1. The van der Waals surface area contributed by atoms with Crippen molar-refractivity contribution in [2.24, 2.45) is 0 Å². The average molecular weight is 257 g/mol. The first kappa shape index (κ1) is 13.7. The number of hydrogen-bond acceptors (Lipinski definition) is 3. The van der Waals surface area contributed by atoms with Gasteiger partial charge in [0.05, 0.1) is 0 Å². The number of hydrogen-bond donors (Lipinski definition) is 2. The normalized spacial score (nSPS) is 11.4. The van der Waals surface area contributed by atoms with Gasteiger partial charge in [-0.2, -0.15) is 0 Å². The van der Waals surface area contributed by atoms with Gasteiger partial charge in [0.15, 0.2) is 5.75 Å². The zero-order valence-electron chi connectivity index (χ0n) is 9.51. The summed E-state index contributed by atoms with van der Waals surface area (Å²) in [4.78, 5) is 10.3. The van der Waals surface area contributed by atoms with Gasteiger partial charge in [0, 0.05) is 6.54 Å². The molecule has 0 radical (unpaired) electrons. The molecule has 0 heterocycles. The summed E-state index contributed by atoms with van der Waals surface area (Å²) in [6.07, 6.45) is 0.542. The molecule has 0 unspecified atom stereocenters. The minimum atomic E-state index is -3.71. The van der Waals surface area contributed by atoms with Crippen molar-refractivity contribution < 1.29 is 18.3 Å². The second-order valence-corrected chi connectivity index (χ2v) is 5.59. The largest absolute Gasteiger partial charge is 0.480 e. The molecule has 0 aliphatic carbocycles. The number of nitrogens with one attached hydrogen (secondary N) is 1. The standard InChI is InChI=1S/C11H15NO4S/c1-9-3-2-4-10(7-9)5-6-12-17(15,16)8-11(13)14/h2-4,7,12H,5-6,8H2,1H3,(H,13,14). The van der Waals surface area contributed by atoms with E-state index in [1.54, 1.807) is 0 Å². The van der Waals surface area contributed by atoms with E-state index in [2.05, 4.69) is 4.72 Å². The molecule has 0 aliphatic rings. The Balaban J connectivity index is 2.45. The number of aryl methyl sites for hydroxylation is 1. The molecule has 1 rings (SSSR count). The second kappa shape index (κ2) is 5.79. The Bertz CT molecular complexity index is 496. The van der Waals surface area contributed by atoms with E-state index >= 15 is 0 Å². The molecule has 17 heavy (non-hydrogen) atoms. The van der Waals surface area contributed by atoms with Crippen molar-refractivity contribution in [1.29, 1.82) is 0 Å². The number of sulfonamides is 1. The highest BCUT2D eigenvalue weighted by atomic mass is 32.2. The molecule has 0 aliphatic heterocycles. The van der Waals surface area contributed by atoms with Crippen LogP contribution in [0, 0.1) is 6.92 Å². The molecule has 2 N–H and O–H groups in total. The maximum Gasteiger partial charge on any atom is 0.320 e. The van der Waals surface area contributed by atoms with E-state index in [0.717, 1.165) is 11.1 Å². The Morgan fingerprint density at radius 1 is 1.41 bits per heavy atom. The van der Waals surface area contributed by atoms with E-state index in [4.69, 9.17) is 5.11 Å². The van der Waals surface area contributed by atoms with Gasteiger partial charge in [-0.05, 0) is 18.9 Å². The van der Waals surface area contributed by atoms with Crippen LogP contribution < -0.4 is 4.72 Å². The first-order chi connectivity index (χ1) is 7.89. The molecule has 0 aromatic heterocycles. The highest BCUT2D eigenvalue weighted by molar-refractivity contribution is 7.90. The van der Waals surface area contributed by atoms with E-state index in [1.165, 1.54) is 0 Å². The van der Waals surface area contributed by atoms with Crippen LogP contribution in [0.5, 0.6) is 0 Å². The first-order valence-corrected chi connectivity index (χ1v) is 6.79. The zero-order valence-corrected chi connectivity index (χ0v) is 10.3. The quantitative estimate of drug-likeness (QED) is 0.779. The van der Waals surface area contributed by atoms with Crippen molar-refractivity contribution in [2.45, 2.75) is 13.3 Å². The van der Waals surface area contributed by atoms with Gasteiger partial charge in [0.1, 0.15) is 0 Å². The van der Waals surface area contributed by atoms with Gasteiger partial charge in [-0.15, -0.1) is 0 Å². The molecule has 6 heteroatoms. The third kappa shape index (κ3) is 5.46. The Morgan fingerprint density at radius 3 is 2.71 bits per heavy atom. The first-order valence-electron chi connectivity index (χ1n) is 5.14. The van der Waals surface area contributed by atoms with Crippen molar-refractivity contribution in [3.8, 4) is 0 Å². The molecule has 5 nitrogen and oxygen atoms in total. The smallest absolute Gasteiger partial charge is 0.320 e. The van der Waals surface area contributed by atoms with Crippen LogP contribution in [0.4, 0.5) is 0 Å². The lowest BCUT2D eigenvalue weighted by Gasteiger charge is -2.05. The average Bonchev–Trinajstić information content (AvgIpc) is 2.15. The number of benzene rings is 1. The Morgan fingerprint density at radius 2 is 2.12 bits per heavy atom. The molecule has 0 bridgehead atoms. The Hall–Kier alpha value is -1.40. The number of rotatable bonds is 6. The summed E-state index contributed by atoms with van der Waals surface area (Å²) in [5, 5.41) is 8.38. The predicted octanol–water partition coefficient (Wildman–Crippen LogP) is 0.542. The minimum absolute atomic E-state index is 0.207. The summed E-state index contributed by atoms with van der Waals surface area (Å²) in [6, 6.07) is 7.72. The number of carbonyl (C=O) groups is 1. The molecule has 0 saturated carbocycles. The molecule has 0 saturated heterocycles. The summed E-state index contributed by atoms with van der Waals surface area (Å²) in [5.41, 5.74) is 2.12. The molecule has 0 fully saturated rings. The van der Waals surface area contributed by atoms with E-state index < -0.39 is 21.7 Å². The van der Waals surface area contributed by atoms with Gasteiger partial charge in [-0.1, -0.05) is 29.8 Å². The summed E-state index contributed by atoms with van der Waals surface area (Å²) in [5.74, 6) is -2.24. The van der Waals surface area contributed by atoms with Crippen molar-refractivity contribution >= 4 is 16.0 Å². The van der Waals surface area contributed by atoms with Gasteiger partial charge in [0.2, 0.25) is 10.0 Å². The highest BCUT2D eigenvalue weighted by Crippen LogP contribution is 2.04. The molecular weight excluding hydrogens is 242 g/mol. The van der Waals surface area contributed by atoms with Crippen LogP contribution in [0.15, 0.2) is 24.3 Å². The van der Waals surface area contributed by atoms with Crippen LogP contribution >= 0.6 is 0 Å². The Labute approximate surface area is 101 Å². The van der Waals surface area contributed by atoms with E-state index in [1.807, 2.05) is 31.2 Å². The molecule has 0 atom stereocenters. The maximum atomic E-state index is 11.2. The number of aliphatic carboxylic acids is 1. The van der Waals surface area contributed by atoms with E-state index in [-0.39, 0.29) is 6.54 Å². The van der Waals surface area contributed by atoms with E-state index in [9.17, 15) is 13.2 Å². The van der Waals surface area contributed by atoms with Gasteiger partial charge in [0.25, 0.3) is 0 Å². The topological polar surface area (TPSA) is 83.5 Å². The third-order valence-corrected chi connectivity index (χ3v) is 3.40. The molecule has 0 amide bonds. The van der Waals surface area contributed by atoms with Crippen LogP contribution in [0.3, 0.4) is 0 Å². The summed E-state index contributed by atoms with van der Waals surface area (Å²) in [7, 11) is -3.71. The van der Waals surface area contributed by atoms with Crippen molar-refractivity contribution in [2.75, 3.05) is 12.3 Å². The fourth-order valence-electron chi connectivity index (χ4n) is 1.43.